The molecule has 0 N–H and O–H groups in total. The van der Waals surface area contributed by atoms with E-state index >= 15 is 0 Å². The lowest BCUT2D eigenvalue weighted by molar-refractivity contribution is 0.317. The highest BCUT2D eigenvalue weighted by Gasteiger charge is 2.15. The largest absolute Gasteiger partial charge is 0.476 e. The van der Waals surface area contributed by atoms with E-state index in [1.165, 1.54) is 23.1 Å². The summed E-state index contributed by atoms with van der Waals surface area (Å²) in [4.78, 5) is 9.05. The summed E-state index contributed by atoms with van der Waals surface area (Å²) < 4.78 is 6.36. The molecule has 2 heterocycles. The molecular formula is C13H10Cl2N4OS2. The van der Waals surface area contributed by atoms with E-state index in [-0.39, 0.29) is 0 Å². The Morgan fingerprint density at radius 3 is 2.41 bits per heavy atom. The highest BCUT2D eigenvalue weighted by atomic mass is 35.5. The normalized spacial score (nSPS) is 11.1. The molecule has 0 bridgehead atoms. The molecule has 3 aromatic rings. The van der Waals surface area contributed by atoms with Crippen LogP contribution in [0, 0.1) is 6.92 Å². The number of rotatable bonds is 4. The Bertz CT molecular complexity index is 840. The third-order valence-electron chi connectivity index (χ3n) is 2.62. The Hall–Kier alpha value is -1.15. The Kier molecular flexibility index (Phi) is 4.67. The van der Waals surface area contributed by atoms with E-state index in [1.54, 1.807) is 12.1 Å². The Morgan fingerprint density at radius 2 is 1.82 bits per heavy atom. The average Bonchev–Trinajstić information content (AvgIpc) is 2.87. The van der Waals surface area contributed by atoms with Gasteiger partial charge in [-0.05, 0) is 37.7 Å². The van der Waals surface area contributed by atoms with E-state index in [4.69, 9.17) is 27.9 Å². The monoisotopic (exact) mass is 372 g/mol. The average molecular weight is 373 g/mol. The van der Waals surface area contributed by atoms with Gasteiger partial charge in [-0.3, -0.25) is 0 Å². The number of hydrogen-bond donors (Lipinski definition) is 0. The summed E-state index contributed by atoms with van der Waals surface area (Å²) in [6.45, 7) is 4.29. The van der Waals surface area contributed by atoms with E-state index in [1.807, 2.05) is 13.8 Å². The summed E-state index contributed by atoms with van der Waals surface area (Å²) in [5.74, 6) is 0.450. The zero-order valence-corrected chi connectivity index (χ0v) is 14.8. The van der Waals surface area contributed by atoms with Gasteiger partial charge >= 0.3 is 0 Å². The van der Waals surface area contributed by atoms with Crippen LogP contribution in [0.4, 0.5) is 0 Å². The van der Waals surface area contributed by atoms with Gasteiger partial charge in [0.2, 0.25) is 5.88 Å². The zero-order valence-electron chi connectivity index (χ0n) is 11.6. The molecule has 0 aliphatic heterocycles. The molecule has 0 fully saturated rings. The first kappa shape index (κ1) is 15.7. The van der Waals surface area contributed by atoms with Crippen LogP contribution in [0.15, 0.2) is 21.5 Å². The first-order valence-electron chi connectivity index (χ1n) is 6.34. The van der Waals surface area contributed by atoms with Gasteiger partial charge in [0.05, 0.1) is 27.7 Å². The number of aryl methyl sites for hydroxylation is 1. The zero-order chi connectivity index (χ0) is 15.7. The molecule has 114 valence electrons. The van der Waals surface area contributed by atoms with Crippen molar-refractivity contribution in [1.29, 1.82) is 0 Å². The molecule has 0 unspecified atom stereocenters. The molecular weight excluding hydrogens is 363 g/mol. The molecule has 0 aliphatic carbocycles. The molecule has 0 atom stereocenters. The molecule has 0 radical (unpaired) electrons. The molecule has 1 aromatic carbocycles. The Labute approximate surface area is 145 Å². The predicted octanol–water partition coefficient (Wildman–Crippen LogP) is 4.65. The summed E-state index contributed by atoms with van der Waals surface area (Å²) >= 11 is 14.9. The summed E-state index contributed by atoms with van der Waals surface area (Å²) in [5.41, 5.74) is 1.29. The van der Waals surface area contributed by atoms with Crippen molar-refractivity contribution in [1.82, 2.24) is 20.2 Å². The fraction of sp³-hybridized carbons (Fsp3) is 0.231. The maximum absolute atomic E-state index is 6.05. The second kappa shape index (κ2) is 6.54. The number of nitrogens with zero attached hydrogens (tertiary/aromatic N) is 4. The maximum atomic E-state index is 6.05. The quantitative estimate of drug-likeness (QED) is 0.664. The van der Waals surface area contributed by atoms with Crippen LogP contribution in [-0.4, -0.2) is 26.8 Å². The molecule has 0 saturated carbocycles. The standard InChI is InChI=1S/C13H10Cl2N4OS2/c1-3-20-11-12(22-13-19-18-6(2)21-13)17-10-5-8(15)7(14)4-9(10)16-11/h4-5H,3H2,1-2H3. The lowest BCUT2D eigenvalue weighted by Crippen LogP contribution is -1.99. The van der Waals surface area contributed by atoms with E-state index in [2.05, 4.69) is 20.2 Å². The van der Waals surface area contributed by atoms with Gasteiger partial charge in [0.15, 0.2) is 9.37 Å². The van der Waals surface area contributed by atoms with Crippen molar-refractivity contribution in [3.8, 4) is 5.88 Å². The minimum Gasteiger partial charge on any atom is -0.476 e. The van der Waals surface area contributed by atoms with Crippen LogP contribution in [0.1, 0.15) is 11.9 Å². The highest BCUT2D eigenvalue weighted by molar-refractivity contribution is 8.01. The van der Waals surface area contributed by atoms with E-state index in [0.717, 1.165) is 9.35 Å². The maximum Gasteiger partial charge on any atom is 0.247 e. The summed E-state index contributed by atoms with van der Waals surface area (Å²) in [6, 6.07) is 3.37. The molecule has 0 spiro atoms. The van der Waals surface area contributed by atoms with Crippen LogP contribution in [0.5, 0.6) is 5.88 Å². The van der Waals surface area contributed by atoms with Crippen LogP contribution in [0.25, 0.3) is 11.0 Å². The molecule has 0 saturated heterocycles. The lowest BCUT2D eigenvalue weighted by atomic mass is 10.3. The van der Waals surface area contributed by atoms with Gasteiger partial charge in [0.25, 0.3) is 0 Å². The lowest BCUT2D eigenvalue weighted by Gasteiger charge is -2.09. The van der Waals surface area contributed by atoms with Gasteiger partial charge < -0.3 is 4.74 Å². The van der Waals surface area contributed by atoms with Gasteiger partial charge in [-0.1, -0.05) is 34.5 Å². The van der Waals surface area contributed by atoms with Crippen molar-refractivity contribution >= 4 is 57.3 Å². The second-order valence-corrected chi connectivity index (χ2v) is 7.44. The van der Waals surface area contributed by atoms with E-state index in [9.17, 15) is 0 Å². The predicted molar refractivity (Wildman–Crippen MR) is 89.5 cm³/mol. The molecule has 0 amide bonds. The minimum absolute atomic E-state index is 0.436. The molecule has 2 aromatic heterocycles. The van der Waals surface area contributed by atoms with E-state index < -0.39 is 0 Å². The van der Waals surface area contributed by atoms with Gasteiger partial charge in [-0.15, -0.1) is 10.2 Å². The van der Waals surface area contributed by atoms with Crippen molar-refractivity contribution in [3.63, 3.8) is 0 Å². The summed E-state index contributed by atoms with van der Waals surface area (Å²) in [6.07, 6.45) is 0. The summed E-state index contributed by atoms with van der Waals surface area (Å²) in [7, 11) is 0. The smallest absolute Gasteiger partial charge is 0.247 e. The van der Waals surface area contributed by atoms with Crippen LogP contribution in [0.3, 0.4) is 0 Å². The van der Waals surface area contributed by atoms with Crippen molar-refractivity contribution in [2.45, 2.75) is 23.2 Å². The molecule has 9 heteroatoms. The van der Waals surface area contributed by atoms with E-state index in [0.29, 0.717) is 38.6 Å². The number of aromatic nitrogens is 4. The van der Waals surface area contributed by atoms with Crippen molar-refractivity contribution in [2.75, 3.05) is 6.61 Å². The van der Waals surface area contributed by atoms with Crippen LogP contribution >= 0.6 is 46.3 Å². The Balaban J connectivity index is 2.09. The Morgan fingerprint density at radius 1 is 1.14 bits per heavy atom. The fourth-order valence-corrected chi connectivity index (χ4v) is 3.80. The highest BCUT2D eigenvalue weighted by Crippen LogP contribution is 2.36. The van der Waals surface area contributed by atoms with Crippen LogP contribution in [-0.2, 0) is 0 Å². The molecule has 0 aliphatic rings. The van der Waals surface area contributed by atoms with Crippen LogP contribution in [0.2, 0.25) is 10.0 Å². The van der Waals surface area contributed by atoms with Crippen LogP contribution < -0.4 is 4.74 Å². The second-order valence-electron chi connectivity index (χ2n) is 4.21. The number of halogens is 2. The fourth-order valence-electron chi connectivity index (χ4n) is 1.72. The first-order chi connectivity index (χ1) is 10.6. The van der Waals surface area contributed by atoms with Crippen molar-refractivity contribution < 1.29 is 4.74 Å². The van der Waals surface area contributed by atoms with Gasteiger partial charge in [0.1, 0.15) is 5.01 Å². The number of fused-ring (bicyclic) bond motifs is 1. The number of hydrogen-bond acceptors (Lipinski definition) is 7. The molecule has 22 heavy (non-hydrogen) atoms. The van der Waals surface area contributed by atoms with Crippen molar-refractivity contribution in [3.05, 3.63) is 27.2 Å². The molecule has 5 nitrogen and oxygen atoms in total. The third kappa shape index (κ3) is 3.27. The van der Waals surface area contributed by atoms with Gasteiger partial charge in [0, 0.05) is 0 Å². The van der Waals surface area contributed by atoms with Crippen molar-refractivity contribution in [2.24, 2.45) is 0 Å². The van der Waals surface area contributed by atoms with Gasteiger partial charge in [-0.2, -0.15) is 0 Å². The summed E-state index contributed by atoms with van der Waals surface area (Å²) in [5, 5.41) is 10.5. The molecule has 3 rings (SSSR count). The topological polar surface area (TPSA) is 60.8 Å². The number of ether oxygens (including phenoxy) is 1. The third-order valence-corrected chi connectivity index (χ3v) is 5.19. The first-order valence-corrected chi connectivity index (χ1v) is 8.73. The SMILES string of the molecule is CCOc1nc2cc(Cl)c(Cl)cc2nc1Sc1nnc(C)s1. The number of benzene rings is 1. The minimum atomic E-state index is 0.436. The van der Waals surface area contributed by atoms with Gasteiger partial charge in [-0.25, -0.2) is 9.97 Å².